The number of benzene rings is 1. The molecule has 0 spiro atoms. The first-order valence-electron chi connectivity index (χ1n) is 9.13. The van der Waals surface area contributed by atoms with Crippen LogP contribution in [0.15, 0.2) is 29.3 Å². The molecule has 0 amide bonds. The highest BCUT2D eigenvalue weighted by molar-refractivity contribution is 14.0. The van der Waals surface area contributed by atoms with E-state index in [4.69, 9.17) is 0 Å². The Balaban J connectivity index is 0.00000312. The van der Waals surface area contributed by atoms with E-state index in [1.54, 1.807) is 6.07 Å². The van der Waals surface area contributed by atoms with Crippen molar-refractivity contribution in [2.45, 2.75) is 32.6 Å². The number of hydrogen-bond donors (Lipinski definition) is 2. The van der Waals surface area contributed by atoms with Gasteiger partial charge in [-0.05, 0) is 70.3 Å². The molecule has 1 saturated heterocycles. The Bertz CT molecular complexity index is 516. The minimum absolute atomic E-state index is 0. The van der Waals surface area contributed by atoms with Crippen LogP contribution >= 0.6 is 24.0 Å². The minimum atomic E-state index is -0.136. The predicted molar refractivity (Wildman–Crippen MR) is 114 cm³/mol. The fraction of sp³-hybridized carbons (Fsp3) is 0.632. The van der Waals surface area contributed by atoms with Gasteiger partial charge in [0.2, 0.25) is 0 Å². The quantitative estimate of drug-likeness (QED) is 0.371. The van der Waals surface area contributed by atoms with Crippen LogP contribution in [-0.4, -0.2) is 50.6 Å². The summed E-state index contributed by atoms with van der Waals surface area (Å²) in [6.07, 6.45) is 4.37. The van der Waals surface area contributed by atoms with Gasteiger partial charge in [0.15, 0.2) is 5.96 Å². The molecule has 4 nitrogen and oxygen atoms in total. The Morgan fingerprint density at radius 1 is 1.24 bits per heavy atom. The number of rotatable bonds is 7. The average molecular weight is 462 g/mol. The van der Waals surface area contributed by atoms with Crippen LogP contribution in [0.25, 0.3) is 0 Å². The molecule has 1 fully saturated rings. The first-order valence-corrected chi connectivity index (χ1v) is 9.13. The monoisotopic (exact) mass is 462 g/mol. The van der Waals surface area contributed by atoms with E-state index >= 15 is 0 Å². The summed E-state index contributed by atoms with van der Waals surface area (Å²) >= 11 is 0. The fourth-order valence-electron chi connectivity index (χ4n) is 3.07. The van der Waals surface area contributed by atoms with Crippen molar-refractivity contribution in [3.05, 3.63) is 35.6 Å². The standard InChI is InChI=1S/C19H31FN4.HI/c1-3-21-19(22-12-8-16-10-14-24(2)15-11-16)23-13-9-17-6-4-5-7-18(17)20;/h4-7,16H,3,8-15H2,1-2H3,(H2,21,22,23);1H. The maximum Gasteiger partial charge on any atom is 0.191 e. The SMILES string of the molecule is CCNC(=NCCC1CCN(C)CC1)NCCc1ccccc1F.I. The molecule has 0 saturated carbocycles. The van der Waals surface area contributed by atoms with Crippen molar-refractivity contribution in [3.8, 4) is 0 Å². The number of nitrogens with one attached hydrogen (secondary N) is 2. The van der Waals surface area contributed by atoms with E-state index in [1.807, 2.05) is 12.1 Å². The summed E-state index contributed by atoms with van der Waals surface area (Å²) in [5, 5.41) is 6.57. The normalized spacial score (nSPS) is 16.4. The lowest BCUT2D eigenvalue weighted by Gasteiger charge is -2.28. The Kier molecular flexibility index (Phi) is 11.0. The molecule has 1 aliphatic heterocycles. The average Bonchev–Trinajstić information content (AvgIpc) is 2.58. The summed E-state index contributed by atoms with van der Waals surface area (Å²) in [5.41, 5.74) is 0.743. The van der Waals surface area contributed by atoms with Gasteiger partial charge in [0.1, 0.15) is 5.82 Å². The summed E-state index contributed by atoms with van der Waals surface area (Å²) < 4.78 is 13.6. The van der Waals surface area contributed by atoms with Crippen LogP contribution in [-0.2, 0) is 6.42 Å². The van der Waals surface area contributed by atoms with Gasteiger partial charge in [0.25, 0.3) is 0 Å². The summed E-state index contributed by atoms with van der Waals surface area (Å²) in [5.74, 6) is 1.50. The van der Waals surface area contributed by atoms with Crippen molar-refractivity contribution in [1.29, 1.82) is 0 Å². The molecule has 0 aliphatic carbocycles. The molecule has 1 aliphatic rings. The zero-order chi connectivity index (χ0) is 17.2. The van der Waals surface area contributed by atoms with Crippen molar-refractivity contribution >= 4 is 29.9 Å². The minimum Gasteiger partial charge on any atom is -0.357 e. The molecule has 2 rings (SSSR count). The van der Waals surface area contributed by atoms with E-state index in [9.17, 15) is 4.39 Å². The molecule has 1 aromatic carbocycles. The van der Waals surface area contributed by atoms with Gasteiger partial charge in [0.05, 0.1) is 0 Å². The number of likely N-dealkylation sites (tertiary alicyclic amines) is 1. The highest BCUT2D eigenvalue weighted by Crippen LogP contribution is 2.19. The molecule has 0 aromatic heterocycles. The van der Waals surface area contributed by atoms with Crippen molar-refractivity contribution in [2.24, 2.45) is 10.9 Å². The van der Waals surface area contributed by atoms with Crippen LogP contribution in [0, 0.1) is 11.7 Å². The van der Waals surface area contributed by atoms with E-state index in [0.717, 1.165) is 37.0 Å². The second-order valence-electron chi connectivity index (χ2n) is 6.56. The van der Waals surface area contributed by atoms with Crippen LogP contribution in [0.2, 0.25) is 0 Å². The third kappa shape index (κ3) is 8.35. The molecule has 142 valence electrons. The molecular weight excluding hydrogens is 430 g/mol. The Hall–Kier alpha value is -0.890. The van der Waals surface area contributed by atoms with Gasteiger partial charge in [0, 0.05) is 19.6 Å². The third-order valence-electron chi connectivity index (χ3n) is 4.63. The lowest BCUT2D eigenvalue weighted by Crippen LogP contribution is -2.38. The largest absolute Gasteiger partial charge is 0.357 e. The lowest BCUT2D eigenvalue weighted by molar-refractivity contribution is 0.214. The molecule has 2 N–H and O–H groups in total. The van der Waals surface area contributed by atoms with Crippen molar-refractivity contribution in [1.82, 2.24) is 15.5 Å². The summed E-state index contributed by atoms with van der Waals surface area (Å²) in [6, 6.07) is 6.94. The number of piperidine rings is 1. The predicted octanol–water partition coefficient (Wildman–Crippen LogP) is 3.27. The number of nitrogens with zero attached hydrogens (tertiary/aromatic N) is 2. The first-order chi connectivity index (χ1) is 11.7. The molecule has 0 bridgehead atoms. The summed E-state index contributed by atoms with van der Waals surface area (Å²) in [4.78, 5) is 7.06. The maximum absolute atomic E-state index is 13.6. The van der Waals surface area contributed by atoms with Gasteiger partial charge >= 0.3 is 0 Å². The summed E-state index contributed by atoms with van der Waals surface area (Å²) in [7, 11) is 2.19. The highest BCUT2D eigenvalue weighted by Gasteiger charge is 2.15. The van der Waals surface area contributed by atoms with Crippen molar-refractivity contribution in [2.75, 3.05) is 39.8 Å². The molecule has 6 heteroatoms. The Morgan fingerprint density at radius 2 is 1.96 bits per heavy atom. The molecule has 25 heavy (non-hydrogen) atoms. The third-order valence-corrected chi connectivity index (χ3v) is 4.63. The second kappa shape index (κ2) is 12.5. The van der Waals surface area contributed by atoms with Gasteiger partial charge in [-0.15, -0.1) is 24.0 Å². The first kappa shape index (κ1) is 22.2. The molecule has 0 unspecified atom stereocenters. The van der Waals surface area contributed by atoms with Gasteiger partial charge in [-0.1, -0.05) is 18.2 Å². The smallest absolute Gasteiger partial charge is 0.191 e. The van der Waals surface area contributed by atoms with E-state index < -0.39 is 0 Å². The highest BCUT2D eigenvalue weighted by atomic mass is 127. The van der Waals surface area contributed by atoms with Gasteiger partial charge in [-0.3, -0.25) is 4.99 Å². The van der Waals surface area contributed by atoms with E-state index in [2.05, 4.69) is 34.5 Å². The van der Waals surface area contributed by atoms with Crippen LogP contribution < -0.4 is 10.6 Å². The summed E-state index contributed by atoms with van der Waals surface area (Å²) in [6.45, 7) is 6.83. The Labute approximate surface area is 168 Å². The molecular formula is C19H32FIN4. The number of hydrogen-bond acceptors (Lipinski definition) is 2. The van der Waals surface area contributed by atoms with Crippen LogP contribution in [0.1, 0.15) is 31.7 Å². The van der Waals surface area contributed by atoms with E-state index in [-0.39, 0.29) is 29.8 Å². The zero-order valence-electron chi connectivity index (χ0n) is 15.4. The fourth-order valence-corrected chi connectivity index (χ4v) is 3.07. The van der Waals surface area contributed by atoms with Crippen LogP contribution in [0.4, 0.5) is 4.39 Å². The van der Waals surface area contributed by atoms with Crippen molar-refractivity contribution in [3.63, 3.8) is 0 Å². The lowest BCUT2D eigenvalue weighted by atomic mass is 9.94. The number of halogens is 2. The topological polar surface area (TPSA) is 39.7 Å². The molecule has 0 atom stereocenters. The molecule has 0 radical (unpaired) electrons. The number of guanidine groups is 1. The van der Waals surface area contributed by atoms with Gasteiger partial charge < -0.3 is 15.5 Å². The second-order valence-corrected chi connectivity index (χ2v) is 6.56. The Morgan fingerprint density at radius 3 is 2.64 bits per heavy atom. The van der Waals surface area contributed by atoms with E-state index in [1.165, 1.54) is 32.0 Å². The van der Waals surface area contributed by atoms with Gasteiger partial charge in [-0.25, -0.2) is 4.39 Å². The van der Waals surface area contributed by atoms with Crippen molar-refractivity contribution < 1.29 is 4.39 Å². The maximum atomic E-state index is 13.6. The van der Waals surface area contributed by atoms with Crippen LogP contribution in [0.5, 0.6) is 0 Å². The van der Waals surface area contributed by atoms with E-state index in [0.29, 0.717) is 13.0 Å². The molecule has 1 aromatic rings. The van der Waals surface area contributed by atoms with Crippen LogP contribution in [0.3, 0.4) is 0 Å². The van der Waals surface area contributed by atoms with Gasteiger partial charge in [-0.2, -0.15) is 0 Å². The number of aliphatic imine (C=N–C) groups is 1. The zero-order valence-corrected chi connectivity index (χ0v) is 17.8. The molecule has 1 heterocycles.